The van der Waals surface area contributed by atoms with Gasteiger partial charge >= 0.3 is 5.97 Å². The lowest BCUT2D eigenvalue weighted by molar-refractivity contribution is 0.0692. The van der Waals surface area contributed by atoms with Crippen molar-refractivity contribution < 1.29 is 14.7 Å². The quantitative estimate of drug-likeness (QED) is 0.512. The highest BCUT2D eigenvalue weighted by molar-refractivity contribution is 7.13. The second-order valence-corrected chi connectivity index (χ2v) is 6.38. The molecule has 0 spiro atoms. The maximum Gasteiger partial charge on any atom is 0.336 e. The molecule has 4 rings (SSSR count). The van der Waals surface area contributed by atoms with Gasteiger partial charge in [-0.3, -0.25) is 9.78 Å². The van der Waals surface area contributed by atoms with E-state index in [1.807, 2.05) is 6.20 Å². The number of benzene rings is 1. The summed E-state index contributed by atoms with van der Waals surface area (Å²) in [5.41, 5.74) is 3.90. The van der Waals surface area contributed by atoms with E-state index in [2.05, 4.69) is 20.3 Å². The van der Waals surface area contributed by atoms with Crippen molar-refractivity contribution in [2.24, 2.45) is 0 Å². The van der Waals surface area contributed by atoms with Gasteiger partial charge in [0.25, 0.3) is 5.91 Å². The molecule has 0 aliphatic rings. The molecule has 0 radical (unpaired) electrons. The van der Waals surface area contributed by atoms with Gasteiger partial charge in [0.1, 0.15) is 5.65 Å². The molecule has 0 aliphatic heterocycles. The third-order valence-electron chi connectivity index (χ3n) is 3.89. The number of aromatic amines is 1. The van der Waals surface area contributed by atoms with Crippen LogP contribution in [0.3, 0.4) is 0 Å². The zero-order chi connectivity index (χ0) is 18.1. The summed E-state index contributed by atoms with van der Waals surface area (Å²) in [6.45, 7) is 0. The monoisotopic (exact) mass is 364 g/mol. The summed E-state index contributed by atoms with van der Waals surface area (Å²) in [6, 6.07) is 7.87. The molecule has 3 N–H and O–H groups in total. The molecular weight excluding hydrogens is 352 g/mol. The Morgan fingerprint density at radius 1 is 1.15 bits per heavy atom. The van der Waals surface area contributed by atoms with E-state index in [0.717, 1.165) is 15.8 Å². The first-order chi connectivity index (χ1) is 12.6. The lowest BCUT2D eigenvalue weighted by Gasteiger charge is -2.08. The molecule has 0 saturated carbocycles. The van der Waals surface area contributed by atoms with Gasteiger partial charge in [-0.1, -0.05) is 12.1 Å². The highest BCUT2D eigenvalue weighted by Crippen LogP contribution is 2.31. The Bertz CT molecular complexity index is 1120. The first-order valence-corrected chi connectivity index (χ1v) is 8.51. The van der Waals surface area contributed by atoms with Gasteiger partial charge in [0.05, 0.1) is 33.4 Å². The van der Waals surface area contributed by atoms with Gasteiger partial charge in [-0.25, -0.2) is 9.78 Å². The van der Waals surface area contributed by atoms with E-state index in [1.165, 1.54) is 29.7 Å². The number of carbonyl (C=O) groups is 2. The van der Waals surface area contributed by atoms with Crippen LogP contribution in [-0.2, 0) is 0 Å². The number of rotatable bonds is 4. The largest absolute Gasteiger partial charge is 0.478 e. The highest BCUT2D eigenvalue weighted by Gasteiger charge is 2.17. The van der Waals surface area contributed by atoms with E-state index in [4.69, 9.17) is 0 Å². The van der Waals surface area contributed by atoms with E-state index in [1.54, 1.807) is 29.9 Å². The number of H-pyrrole nitrogens is 1. The van der Waals surface area contributed by atoms with Crippen LogP contribution in [0.4, 0.5) is 5.69 Å². The van der Waals surface area contributed by atoms with Crippen molar-refractivity contribution in [3.8, 4) is 10.4 Å². The third-order valence-corrected chi connectivity index (χ3v) is 4.70. The fourth-order valence-corrected chi connectivity index (χ4v) is 3.34. The Morgan fingerprint density at radius 3 is 2.69 bits per heavy atom. The summed E-state index contributed by atoms with van der Waals surface area (Å²) in [5, 5.41) is 12.8. The van der Waals surface area contributed by atoms with E-state index < -0.39 is 11.9 Å². The summed E-state index contributed by atoms with van der Waals surface area (Å²) < 4.78 is 0. The van der Waals surface area contributed by atoms with Gasteiger partial charge < -0.3 is 15.4 Å². The number of hydrogen-bond acceptors (Lipinski definition) is 5. The maximum absolute atomic E-state index is 12.5. The van der Waals surface area contributed by atoms with Crippen molar-refractivity contribution in [1.82, 2.24) is 15.0 Å². The number of hydrogen-bond donors (Lipinski definition) is 3. The van der Waals surface area contributed by atoms with Crippen molar-refractivity contribution in [1.29, 1.82) is 0 Å². The van der Waals surface area contributed by atoms with Crippen LogP contribution < -0.4 is 5.32 Å². The maximum atomic E-state index is 12.5. The van der Waals surface area contributed by atoms with Crippen LogP contribution in [0.1, 0.15) is 20.7 Å². The number of anilines is 1. The van der Waals surface area contributed by atoms with Crippen LogP contribution in [-0.4, -0.2) is 31.9 Å². The van der Waals surface area contributed by atoms with E-state index >= 15 is 0 Å². The number of nitrogens with zero attached hydrogens (tertiary/aromatic N) is 2. The van der Waals surface area contributed by atoms with Crippen molar-refractivity contribution in [3.63, 3.8) is 0 Å². The third kappa shape index (κ3) is 2.82. The molecule has 0 bridgehead atoms. The van der Waals surface area contributed by atoms with Crippen LogP contribution in [0, 0.1) is 0 Å². The average molecular weight is 364 g/mol. The molecule has 0 unspecified atom stereocenters. The van der Waals surface area contributed by atoms with Gasteiger partial charge in [-0.05, 0) is 18.2 Å². The van der Waals surface area contributed by atoms with Crippen LogP contribution in [0.15, 0.2) is 54.4 Å². The van der Waals surface area contributed by atoms with E-state index in [-0.39, 0.29) is 11.1 Å². The van der Waals surface area contributed by atoms with Gasteiger partial charge in [0.2, 0.25) is 0 Å². The van der Waals surface area contributed by atoms with Crippen molar-refractivity contribution in [3.05, 3.63) is 65.6 Å². The van der Waals surface area contributed by atoms with Crippen LogP contribution in [0.5, 0.6) is 0 Å². The molecule has 26 heavy (non-hydrogen) atoms. The summed E-state index contributed by atoms with van der Waals surface area (Å²) >= 11 is 1.51. The van der Waals surface area contributed by atoms with Crippen LogP contribution in [0.25, 0.3) is 21.5 Å². The number of aromatic nitrogens is 3. The summed E-state index contributed by atoms with van der Waals surface area (Å²) in [4.78, 5) is 36.3. The number of carboxylic acids is 1. The second kappa shape index (κ2) is 6.41. The van der Waals surface area contributed by atoms with Gasteiger partial charge in [0.15, 0.2) is 0 Å². The minimum atomic E-state index is -1.15. The molecule has 7 nitrogen and oxygen atoms in total. The number of pyridine rings is 1. The Morgan fingerprint density at radius 2 is 1.96 bits per heavy atom. The predicted octanol–water partition coefficient (Wildman–Crippen LogP) is 3.64. The number of amides is 1. The molecule has 0 atom stereocenters. The normalized spacial score (nSPS) is 10.8. The molecule has 3 heterocycles. The van der Waals surface area contributed by atoms with Gasteiger partial charge in [-0.15, -0.1) is 11.3 Å². The average Bonchev–Trinajstić information content (AvgIpc) is 3.30. The number of thiazole rings is 1. The number of fused-ring (bicyclic) bond motifs is 1. The molecule has 0 saturated heterocycles. The lowest BCUT2D eigenvalue weighted by Crippen LogP contribution is -2.16. The Hall–Kier alpha value is -3.52. The second-order valence-electron chi connectivity index (χ2n) is 5.49. The van der Waals surface area contributed by atoms with Gasteiger partial charge in [0, 0.05) is 23.3 Å². The zero-order valence-corrected chi connectivity index (χ0v) is 14.1. The molecule has 1 aromatic carbocycles. The topological polar surface area (TPSA) is 108 Å². The fourth-order valence-electron chi connectivity index (χ4n) is 2.69. The molecule has 128 valence electrons. The van der Waals surface area contributed by atoms with E-state index in [0.29, 0.717) is 11.3 Å². The molecule has 3 aromatic heterocycles. The summed E-state index contributed by atoms with van der Waals surface area (Å²) in [7, 11) is 0. The molecule has 0 fully saturated rings. The zero-order valence-electron chi connectivity index (χ0n) is 13.3. The first kappa shape index (κ1) is 16.0. The Kier molecular flexibility index (Phi) is 3.94. The first-order valence-electron chi connectivity index (χ1n) is 7.63. The van der Waals surface area contributed by atoms with Crippen molar-refractivity contribution in [2.45, 2.75) is 0 Å². The van der Waals surface area contributed by atoms with Crippen molar-refractivity contribution in [2.75, 3.05) is 5.32 Å². The standard InChI is InChI=1S/C18H12N4O3S/c23-17(11-3-1-2-4-12(11)18(24)25)22-10-5-13-14(15-8-19-9-26-15)7-21-16(13)20-6-10/h1-9H,(H,20,21)(H,22,23)(H,24,25). The molecule has 8 heteroatoms. The van der Waals surface area contributed by atoms with Crippen LogP contribution in [0.2, 0.25) is 0 Å². The number of nitrogens with one attached hydrogen (secondary N) is 2. The van der Waals surface area contributed by atoms with E-state index in [9.17, 15) is 14.7 Å². The number of carboxylic acid groups (broad SMARTS) is 1. The molecular formula is C18H12N4O3S. The smallest absolute Gasteiger partial charge is 0.336 e. The minimum Gasteiger partial charge on any atom is -0.478 e. The molecule has 4 aromatic rings. The Labute approximate surface area is 151 Å². The lowest BCUT2D eigenvalue weighted by atomic mass is 10.1. The van der Waals surface area contributed by atoms with Crippen LogP contribution >= 0.6 is 11.3 Å². The SMILES string of the molecule is O=C(O)c1ccccc1C(=O)Nc1cnc2[nH]cc(-c3cncs3)c2c1. The number of carbonyl (C=O) groups excluding carboxylic acids is 1. The van der Waals surface area contributed by atoms with Crippen molar-refractivity contribution >= 4 is 39.9 Å². The predicted molar refractivity (Wildman–Crippen MR) is 98.6 cm³/mol. The Balaban J connectivity index is 1.69. The van der Waals surface area contributed by atoms with Gasteiger partial charge in [-0.2, -0.15) is 0 Å². The minimum absolute atomic E-state index is 0.0500. The summed E-state index contributed by atoms with van der Waals surface area (Å²) in [6.07, 6.45) is 5.13. The molecule has 1 amide bonds. The molecule has 0 aliphatic carbocycles. The fraction of sp³-hybridized carbons (Fsp3) is 0. The number of aromatic carboxylic acids is 1. The summed E-state index contributed by atoms with van der Waals surface area (Å²) in [5.74, 6) is -1.65. The highest BCUT2D eigenvalue weighted by atomic mass is 32.1.